The fourth-order valence-corrected chi connectivity index (χ4v) is 2.55. The van der Waals surface area contributed by atoms with Crippen LogP contribution in [0.5, 0.6) is 0 Å². The first-order valence-electron chi connectivity index (χ1n) is 6.24. The third-order valence-electron chi connectivity index (χ3n) is 3.52. The van der Waals surface area contributed by atoms with Crippen LogP contribution in [-0.2, 0) is 0 Å². The molecule has 1 aromatic carbocycles. The molecular formula is C14H21N3. The number of nitrogens with zero attached hydrogens (tertiary/aromatic N) is 2. The summed E-state index contributed by atoms with van der Waals surface area (Å²) in [6, 6.07) is 11.4. The van der Waals surface area contributed by atoms with E-state index in [1.54, 1.807) is 0 Å². The van der Waals surface area contributed by atoms with Crippen LogP contribution in [0.25, 0.3) is 0 Å². The maximum atomic E-state index is 5.96. The molecule has 0 amide bonds. The van der Waals surface area contributed by atoms with Gasteiger partial charge in [-0.2, -0.15) is 0 Å². The molecule has 0 spiro atoms. The normalized spacial score (nSPS) is 21.8. The van der Waals surface area contributed by atoms with Crippen LogP contribution in [0.3, 0.4) is 0 Å². The van der Waals surface area contributed by atoms with Gasteiger partial charge in [-0.15, -0.1) is 0 Å². The first-order valence-corrected chi connectivity index (χ1v) is 6.24. The molecule has 0 saturated carbocycles. The molecule has 1 aliphatic rings. The van der Waals surface area contributed by atoms with E-state index in [0.29, 0.717) is 24.0 Å². The van der Waals surface area contributed by atoms with E-state index < -0.39 is 0 Å². The summed E-state index contributed by atoms with van der Waals surface area (Å²) in [4.78, 5) is 6.62. The molecule has 2 atom stereocenters. The molecule has 0 bridgehead atoms. The van der Waals surface area contributed by atoms with Gasteiger partial charge >= 0.3 is 0 Å². The number of hydrogen-bond acceptors (Lipinski definition) is 3. The lowest BCUT2D eigenvalue weighted by atomic mass is 9.92. The molecule has 3 nitrogen and oxygen atoms in total. The van der Waals surface area contributed by atoms with Crippen LogP contribution < -0.4 is 5.73 Å². The zero-order valence-electron chi connectivity index (χ0n) is 10.8. The molecule has 3 heteroatoms. The summed E-state index contributed by atoms with van der Waals surface area (Å²) in [6.45, 7) is 7.39. The summed E-state index contributed by atoms with van der Waals surface area (Å²) in [6.07, 6.45) is 0. The Morgan fingerprint density at radius 3 is 2.47 bits per heavy atom. The van der Waals surface area contributed by atoms with Crippen molar-refractivity contribution in [2.75, 3.05) is 6.54 Å². The van der Waals surface area contributed by atoms with Crippen molar-refractivity contribution in [1.29, 1.82) is 0 Å². The summed E-state index contributed by atoms with van der Waals surface area (Å²) >= 11 is 0. The van der Waals surface area contributed by atoms with Gasteiger partial charge in [-0.3, -0.25) is 4.99 Å². The van der Waals surface area contributed by atoms with Gasteiger partial charge in [0.2, 0.25) is 0 Å². The molecule has 17 heavy (non-hydrogen) atoms. The van der Waals surface area contributed by atoms with E-state index in [-0.39, 0.29) is 0 Å². The van der Waals surface area contributed by atoms with E-state index in [2.05, 4.69) is 61.0 Å². The van der Waals surface area contributed by atoms with Crippen LogP contribution in [0.15, 0.2) is 35.3 Å². The highest BCUT2D eigenvalue weighted by molar-refractivity contribution is 5.80. The van der Waals surface area contributed by atoms with Gasteiger partial charge in [0.05, 0.1) is 12.6 Å². The van der Waals surface area contributed by atoms with E-state index in [1.165, 1.54) is 5.56 Å². The van der Waals surface area contributed by atoms with Crippen LogP contribution in [0.2, 0.25) is 0 Å². The minimum absolute atomic E-state index is 0.386. The van der Waals surface area contributed by atoms with Crippen molar-refractivity contribution in [3.05, 3.63) is 35.9 Å². The Morgan fingerprint density at radius 1 is 1.24 bits per heavy atom. The highest BCUT2D eigenvalue weighted by atomic mass is 15.3. The zero-order valence-corrected chi connectivity index (χ0v) is 10.8. The molecule has 0 aromatic heterocycles. The summed E-state index contributed by atoms with van der Waals surface area (Å²) in [5, 5.41) is 0. The first kappa shape index (κ1) is 12.0. The molecule has 2 N–H and O–H groups in total. The highest BCUT2D eigenvalue weighted by Crippen LogP contribution is 2.27. The second-order valence-electron chi connectivity index (χ2n) is 4.97. The fourth-order valence-electron chi connectivity index (χ4n) is 2.55. The average Bonchev–Trinajstić information content (AvgIpc) is 2.71. The quantitative estimate of drug-likeness (QED) is 0.866. The van der Waals surface area contributed by atoms with Crippen molar-refractivity contribution in [2.24, 2.45) is 10.7 Å². The van der Waals surface area contributed by atoms with E-state index in [1.807, 2.05) is 0 Å². The van der Waals surface area contributed by atoms with Gasteiger partial charge in [-0.1, -0.05) is 37.3 Å². The molecule has 0 fully saturated rings. The largest absolute Gasteiger partial charge is 0.370 e. The monoisotopic (exact) mass is 231 g/mol. The van der Waals surface area contributed by atoms with Crippen LogP contribution in [0, 0.1) is 0 Å². The fraction of sp³-hybridized carbons (Fsp3) is 0.500. The lowest BCUT2D eigenvalue weighted by molar-refractivity contribution is 0.258. The van der Waals surface area contributed by atoms with Crippen LogP contribution >= 0.6 is 0 Å². The average molecular weight is 231 g/mol. The Morgan fingerprint density at radius 2 is 1.88 bits per heavy atom. The van der Waals surface area contributed by atoms with Crippen molar-refractivity contribution >= 4 is 5.96 Å². The second-order valence-corrected chi connectivity index (χ2v) is 4.97. The molecule has 1 aliphatic heterocycles. The molecule has 0 radical (unpaired) electrons. The van der Waals surface area contributed by atoms with E-state index in [9.17, 15) is 0 Å². The van der Waals surface area contributed by atoms with E-state index >= 15 is 0 Å². The first-order chi connectivity index (χ1) is 8.11. The third-order valence-corrected chi connectivity index (χ3v) is 3.52. The molecule has 0 aliphatic carbocycles. The highest BCUT2D eigenvalue weighted by Gasteiger charge is 2.32. The lowest BCUT2D eigenvalue weighted by Gasteiger charge is -2.34. The number of rotatable bonds is 3. The summed E-state index contributed by atoms with van der Waals surface area (Å²) < 4.78 is 0. The van der Waals surface area contributed by atoms with Crippen molar-refractivity contribution in [2.45, 2.75) is 38.8 Å². The number of aliphatic imine (C=N–C) groups is 1. The number of guanidine groups is 1. The molecule has 1 aromatic rings. The molecule has 0 saturated heterocycles. The van der Waals surface area contributed by atoms with E-state index in [0.717, 1.165) is 6.54 Å². The minimum atomic E-state index is 0.386. The number of nitrogens with two attached hydrogens (primary N) is 1. The van der Waals surface area contributed by atoms with Gasteiger partial charge in [0.25, 0.3) is 0 Å². The molecular weight excluding hydrogens is 210 g/mol. The Kier molecular flexibility index (Phi) is 3.36. The SMILES string of the molecule is CC(c1ccccc1)C1CN=C(N)N1C(C)C. The van der Waals surface area contributed by atoms with E-state index in [4.69, 9.17) is 5.73 Å². The summed E-state index contributed by atoms with van der Waals surface area (Å²) in [5.41, 5.74) is 7.32. The topological polar surface area (TPSA) is 41.6 Å². The van der Waals surface area contributed by atoms with Gasteiger partial charge in [-0.25, -0.2) is 0 Å². The van der Waals surface area contributed by atoms with Gasteiger partial charge in [0, 0.05) is 12.0 Å². The van der Waals surface area contributed by atoms with Crippen LogP contribution in [-0.4, -0.2) is 29.5 Å². The Labute approximate surface area is 103 Å². The van der Waals surface area contributed by atoms with Crippen LogP contribution in [0.1, 0.15) is 32.3 Å². The molecule has 1 heterocycles. The minimum Gasteiger partial charge on any atom is -0.370 e. The maximum absolute atomic E-state index is 5.96. The Hall–Kier alpha value is -1.51. The second kappa shape index (κ2) is 4.78. The van der Waals surface area contributed by atoms with Gasteiger partial charge < -0.3 is 10.6 Å². The maximum Gasteiger partial charge on any atom is 0.191 e. The smallest absolute Gasteiger partial charge is 0.191 e. The molecule has 92 valence electrons. The summed E-state index contributed by atoms with van der Waals surface area (Å²) in [5.74, 6) is 1.14. The molecule has 2 unspecified atom stereocenters. The predicted molar refractivity (Wildman–Crippen MR) is 72.1 cm³/mol. The zero-order chi connectivity index (χ0) is 12.4. The van der Waals surface area contributed by atoms with Crippen molar-refractivity contribution in [1.82, 2.24) is 4.90 Å². The van der Waals surface area contributed by atoms with Gasteiger partial charge in [0.1, 0.15) is 0 Å². The van der Waals surface area contributed by atoms with Crippen molar-refractivity contribution in [3.8, 4) is 0 Å². The molecule has 2 rings (SSSR count). The van der Waals surface area contributed by atoms with Crippen LogP contribution in [0.4, 0.5) is 0 Å². The van der Waals surface area contributed by atoms with Crippen molar-refractivity contribution in [3.63, 3.8) is 0 Å². The standard InChI is InChI=1S/C14H21N3/c1-10(2)17-13(9-16-14(17)15)11(3)12-7-5-4-6-8-12/h4-8,10-11,13H,9H2,1-3H3,(H2,15,16). The van der Waals surface area contributed by atoms with Gasteiger partial charge in [0.15, 0.2) is 5.96 Å². The Bertz CT molecular complexity index is 397. The number of hydrogen-bond donors (Lipinski definition) is 1. The Balaban J connectivity index is 2.19. The lowest BCUT2D eigenvalue weighted by Crippen LogP contribution is -2.47. The van der Waals surface area contributed by atoms with Gasteiger partial charge in [-0.05, 0) is 19.4 Å². The summed E-state index contributed by atoms with van der Waals surface area (Å²) in [7, 11) is 0. The third kappa shape index (κ3) is 2.28. The number of benzene rings is 1. The van der Waals surface area contributed by atoms with Crippen molar-refractivity contribution < 1.29 is 0 Å². The predicted octanol–water partition coefficient (Wildman–Crippen LogP) is 2.20.